The van der Waals surface area contributed by atoms with Crippen LogP contribution in [0.15, 0.2) is 0 Å². The van der Waals surface area contributed by atoms with Crippen molar-refractivity contribution < 1.29 is 23.8 Å². The number of β-amino-alcohol motifs (C(OH)–C–C–N with tert-alkyl or cyclic N) is 1. The minimum absolute atomic E-state index is 0.00884. The van der Waals surface area contributed by atoms with Gasteiger partial charge in [-0.05, 0) is 6.42 Å². The molecular weight excluding hydrogens is 208 g/mol. The third kappa shape index (κ3) is 1.83. The average molecular weight is 221 g/mol. The van der Waals surface area contributed by atoms with Gasteiger partial charge >= 0.3 is 5.97 Å². The van der Waals surface area contributed by atoms with E-state index in [1.807, 2.05) is 0 Å². The SMILES string of the molecule is O=C(O)C1(CC2CC2(F)F)CC(O)CN1. The van der Waals surface area contributed by atoms with Crippen molar-refractivity contribution in [3.05, 3.63) is 0 Å². The number of aliphatic carboxylic acids is 1. The predicted octanol–water partition coefficient (Wildman–Crippen LogP) is 0.209. The summed E-state index contributed by atoms with van der Waals surface area (Å²) in [7, 11) is 0. The fourth-order valence-electron chi connectivity index (χ4n) is 2.18. The Balaban J connectivity index is 2.05. The summed E-state index contributed by atoms with van der Waals surface area (Å²) in [5, 5.41) is 20.9. The summed E-state index contributed by atoms with van der Waals surface area (Å²) in [4.78, 5) is 11.0. The van der Waals surface area contributed by atoms with E-state index in [2.05, 4.69) is 5.32 Å². The van der Waals surface area contributed by atoms with E-state index in [-0.39, 0.29) is 25.8 Å². The molecule has 2 aliphatic rings. The molecule has 0 radical (unpaired) electrons. The monoisotopic (exact) mass is 221 g/mol. The highest BCUT2D eigenvalue weighted by Crippen LogP contribution is 2.53. The van der Waals surface area contributed by atoms with E-state index >= 15 is 0 Å². The zero-order valence-corrected chi connectivity index (χ0v) is 8.04. The van der Waals surface area contributed by atoms with Crippen molar-refractivity contribution in [2.75, 3.05) is 6.54 Å². The summed E-state index contributed by atoms with van der Waals surface area (Å²) in [5.41, 5.74) is -1.36. The van der Waals surface area contributed by atoms with Crippen LogP contribution in [0.3, 0.4) is 0 Å². The molecule has 86 valence electrons. The molecule has 6 heteroatoms. The van der Waals surface area contributed by atoms with Gasteiger partial charge in [0.1, 0.15) is 5.54 Å². The van der Waals surface area contributed by atoms with E-state index in [4.69, 9.17) is 5.11 Å². The number of aliphatic hydroxyl groups excluding tert-OH is 1. The Morgan fingerprint density at radius 2 is 2.07 bits per heavy atom. The van der Waals surface area contributed by atoms with Crippen LogP contribution in [-0.2, 0) is 4.79 Å². The Hall–Kier alpha value is -0.750. The first kappa shape index (κ1) is 10.8. The van der Waals surface area contributed by atoms with Crippen molar-refractivity contribution in [3.63, 3.8) is 0 Å². The lowest BCUT2D eigenvalue weighted by Crippen LogP contribution is -2.48. The van der Waals surface area contributed by atoms with Gasteiger partial charge in [-0.15, -0.1) is 0 Å². The largest absolute Gasteiger partial charge is 0.480 e. The van der Waals surface area contributed by atoms with Crippen molar-refractivity contribution in [1.29, 1.82) is 0 Å². The van der Waals surface area contributed by atoms with Gasteiger partial charge in [-0.3, -0.25) is 10.1 Å². The van der Waals surface area contributed by atoms with Gasteiger partial charge in [-0.1, -0.05) is 0 Å². The van der Waals surface area contributed by atoms with Crippen molar-refractivity contribution in [2.45, 2.75) is 36.8 Å². The van der Waals surface area contributed by atoms with Gasteiger partial charge in [0.15, 0.2) is 0 Å². The lowest BCUT2D eigenvalue weighted by molar-refractivity contribution is -0.145. The Kier molecular flexibility index (Phi) is 2.24. The molecule has 4 nitrogen and oxygen atoms in total. The van der Waals surface area contributed by atoms with Crippen LogP contribution >= 0.6 is 0 Å². The molecule has 3 unspecified atom stereocenters. The van der Waals surface area contributed by atoms with Gasteiger partial charge in [-0.2, -0.15) is 0 Å². The van der Waals surface area contributed by atoms with Gasteiger partial charge in [0, 0.05) is 25.3 Å². The first-order valence-corrected chi connectivity index (χ1v) is 4.90. The van der Waals surface area contributed by atoms with E-state index in [9.17, 15) is 18.7 Å². The first-order valence-electron chi connectivity index (χ1n) is 4.90. The molecule has 3 atom stereocenters. The maximum absolute atomic E-state index is 12.7. The summed E-state index contributed by atoms with van der Waals surface area (Å²) < 4.78 is 25.4. The Bertz CT molecular complexity index is 297. The van der Waals surface area contributed by atoms with Crippen molar-refractivity contribution in [2.24, 2.45) is 5.92 Å². The Morgan fingerprint density at radius 1 is 1.47 bits per heavy atom. The average Bonchev–Trinajstić information content (AvgIpc) is 2.55. The molecule has 1 saturated carbocycles. The van der Waals surface area contributed by atoms with E-state index in [1.165, 1.54) is 0 Å². The smallest absolute Gasteiger partial charge is 0.324 e. The number of nitrogens with one attached hydrogen (secondary N) is 1. The number of hydrogen-bond acceptors (Lipinski definition) is 3. The van der Waals surface area contributed by atoms with E-state index in [0.29, 0.717) is 0 Å². The zero-order valence-electron chi connectivity index (χ0n) is 8.04. The van der Waals surface area contributed by atoms with Crippen molar-refractivity contribution in [3.8, 4) is 0 Å². The van der Waals surface area contributed by atoms with Gasteiger partial charge in [0.05, 0.1) is 6.10 Å². The molecule has 0 bridgehead atoms. The number of carboxylic acids is 1. The molecule has 0 spiro atoms. The second kappa shape index (κ2) is 3.12. The van der Waals surface area contributed by atoms with Gasteiger partial charge in [0.25, 0.3) is 5.92 Å². The topological polar surface area (TPSA) is 69.6 Å². The molecule has 2 rings (SSSR count). The molecule has 3 N–H and O–H groups in total. The van der Waals surface area contributed by atoms with Crippen LogP contribution in [-0.4, -0.2) is 40.3 Å². The van der Waals surface area contributed by atoms with Crippen LogP contribution in [0.2, 0.25) is 0 Å². The highest BCUT2D eigenvalue weighted by atomic mass is 19.3. The molecule has 1 heterocycles. The first-order chi connectivity index (χ1) is 6.86. The third-order valence-electron chi connectivity index (χ3n) is 3.22. The molecule has 0 aromatic heterocycles. The quantitative estimate of drug-likeness (QED) is 0.637. The molecule has 1 aliphatic carbocycles. The number of aliphatic hydroxyl groups is 1. The number of hydrogen-bond donors (Lipinski definition) is 3. The molecule has 0 aromatic carbocycles. The number of carboxylic acid groups (broad SMARTS) is 1. The zero-order chi connectivity index (χ0) is 11.3. The molecule has 0 amide bonds. The summed E-state index contributed by atoms with van der Waals surface area (Å²) >= 11 is 0. The summed E-state index contributed by atoms with van der Waals surface area (Å²) in [5.74, 6) is -4.72. The Labute approximate surface area is 85.3 Å². The van der Waals surface area contributed by atoms with Crippen molar-refractivity contribution in [1.82, 2.24) is 5.32 Å². The molecule has 1 aliphatic heterocycles. The van der Waals surface area contributed by atoms with Crippen LogP contribution < -0.4 is 5.32 Å². The number of carbonyl (C=O) groups is 1. The normalized spacial score (nSPS) is 42.9. The number of alkyl halides is 2. The minimum atomic E-state index is -2.71. The molecule has 0 aromatic rings. The van der Waals surface area contributed by atoms with Crippen LogP contribution in [0.4, 0.5) is 8.78 Å². The standard InChI is InChI=1S/C9H13F2NO3/c10-9(11)2-5(9)1-8(7(14)15)3-6(13)4-12-8/h5-6,12-13H,1-4H2,(H,14,15). The van der Waals surface area contributed by atoms with E-state index in [1.54, 1.807) is 0 Å². The van der Waals surface area contributed by atoms with Gasteiger partial charge in [0.2, 0.25) is 0 Å². The fourth-order valence-corrected chi connectivity index (χ4v) is 2.18. The maximum Gasteiger partial charge on any atom is 0.324 e. The maximum atomic E-state index is 12.7. The van der Waals surface area contributed by atoms with E-state index in [0.717, 1.165) is 0 Å². The number of halogens is 2. The second-order valence-electron chi connectivity index (χ2n) is 4.49. The highest BCUT2D eigenvalue weighted by Gasteiger charge is 2.61. The van der Waals surface area contributed by atoms with Crippen molar-refractivity contribution >= 4 is 5.97 Å². The van der Waals surface area contributed by atoms with Gasteiger partial charge in [-0.25, -0.2) is 8.78 Å². The van der Waals surface area contributed by atoms with Crippen LogP contribution in [0.1, 0.15) is 19.3 Å². The molecule has 15 heavy (non-hydrogen) atoms. The van der Waals surface area contributed by atoms with Crippen LogP contribution in [0.25, 0.3) is 0 Å². The van der Waals surface area contributed by atoms with Gasteiger partial charge < -0.3 is 10.2 Å². The molecule has 1 saturated heterocycles. The van der Waals surface area contributed by atoms with E-state index < -0.39 is 29.5 Å². The number of rotatable bonds is 3. The lowest BCUT2D eigenvalue weighted by atomic mass is 9.90. The summed E-state index contributed by atoms with van der Waals surface area (Å²) in [6.45, 7) is 0.157. The third-order valence-corrected chi connectivity index (χ3v) is 3.22. The summed E-state index contributed by atoms with van der Waals surface area (Å²) in [6.07, 6.45) is -1.09. The summed E-state index contributed by atoms with van der Waals surface area (Å²) in [6, 6.07) is 0. The molecular formula is C9H13F2NO3. The van der Waals surface area contributed by atoms with Crippen LogP contribution in [0, 0.1) is 5.92 Å². The fraction of sp³-hybridized carbons (Fsp3) is 0.889. The molecule has 2 fully saturated rings. The Morgan fingerprint density at radius 3 is 2.40 bits per heavy atom. The minimum Gasteiger partial charge on any atom is -0.480 e. The second-order valence-corrected chi connectivity index (χ2v) is 4.49. The predicted molar refractivity (Wildman–Crippen MR) is 46.7 cm³/mol. The highest BCUT2D eigenvalue weighted by molar-refractivity contribution is 5.79. The van der Waals surface area contributed by atoms with Crippen LogP contribution in [0.5, 0.6) is 0 Å². The lowest BCUT2D eigenvalue weighted by Gasteiger charge is -2.24.